The van der Waals surface area contributed by atoms with Crippen molar-refractivity contribution in [3.63, 3.8) is 0 Å². The molecule has 0 spiro atoms. The van der Waals surface area contributed by atoms with Crippen molar-refractivity contribution < 1.29 is 0 Å². The second kappa shape index (κ2) is 6.85. The maximum Gasteiger partial charge on any atom is -0.0172 e. The van der Waals surface area contributed by atoms with E-state index in [1.807, 2.05) is 12.2 Å². The standard InChI is InChI=1S/C26H20/c1-3-19-5-9-21(10-6-19)24-15-13-23-14-16-25(18-26(23)17-24)22-11-7-20(4-2)8-12-22/h3-18H,1-2H2. The van der Waals surface area contributed by atoms with Gasteiger partial charge in [-0.2, -0.15) is 0 Å². The molecule has 0 aliphatic rings. The molecule has 0 amide bonds. The highest BCUT2D eigenvalue weighted by molar-refractivity contribution is 5.91. The van der Waals surface area contributed by atoms with E-state index in [2.05, 4.69) is 98.1 Å². The van der Waals surface area contributed by atoms with E-state index in [0.29, 0.717) is 0 Å². The molecule has 0 aromatic heterocycles. The van der Waals surface area contributed by atoms with Gasteiger partial charge >= 0.3 is 0 Å². The van der Waals surface area contributed by atoms with Gasteiger partial charge in [0.15, 0.2) is 0 Å². The Morgan fingerprint density at radius 2 is 0.808 bits per heavy atom. The lowest BCUT2D eigenvalue weighted by Crippen LogP contribution is -1.82. The molecule has 0 aliphatic carbocycles. The highest BCUT2D eigenvalue weighted by atomic mass is 14.1. The topological polar surface area (TPSA) is 0 Å². The quantitative estimate of drug-likeness (QED) is 0.364. The molecule has 0 aliphatic heterocycles. The van der Waals surface area contributed by atoms with Gasteiger partial charge < -0.3 is 0 Å². The Morgan fingerprint density at radius 3 is 1.19 bits per heavy atom. The summed E-state index contributed by atoms with van der Waals surface area (Å²) in [4.78, 5) is 0. The van der Waals surface area contributed by atoms with Crippen LogP contribution in [0.3, 0.4) is 0 Å². The van der Waals surface area contributed by atoms with E-state index in [9.17, 15) is 0 Å². The highest BCUT2D eigenvalue weighted by Gasteiger charge is 2.03. The fourth-order valence-electron chi connectivity index (χ4n) is 3.23. The summed E-state index contributed by atoms with van der Waals surface area (Å²) in [5.41, 5.74) is 7.18. The summed E-state index contributed by atoms with van der Waals surface area (Å²) in [6.45, 7) is 7.64. The molecule has 0 heteroatoms. The van der Waals surface area contributed by atoms with Gasteiger partial charge in [0.25, 0.3) is 0 Å². The van der Waals surface area contributed by atoms with E-state index in [0.717, 1.165) is 11.1 Å². The molecule has 0 atom stereocenters. The third-order valence-corrected chi connectivity index (χ3v) is 4.80. The van der Waals surface area contributed by atoms with Crippen LogP contribution in [0.2, 0.25) is 0 Å². The third-order valence-electron chi connectivity index (χ3n) is 4.80. The average Bonchev–Trinajstić information content (AvgIpc) is 2.73. The van der Waals surface area contributed by atoms with Crippen molar-refractivity contribution in [1.82, 2.24) is 0 Å². The van der Waals surface area contributed by atoms with Crippen LogP contribution in [0.4, 0.5) is 0 Å². The highest BCUT2D eigenvalue weighted by Crippen LogP contribution is 2.29. The van der Waals surface area contributed by atoms with Crippen molar-refractivity contribution in [3.05, 3.63) is 109 Å². The largest absolute Gasteiger partial charge is 0.0985 e. The van der Waals surface area contributed by atoms with Crippen LogP contribution in [0.15, 0.2) is 98.1 Å². The second-order valence-electron chi connectivity index (χ2n) is 6.43. The van der Waals surface area contributed by atoms with Gasteiger partial charge in [-0.3, -0.25) is 0 Å². The Bertz CT molecular complexity index is 995. The Morgan fingerprint density at radius 1 is 0.423 bits per heavy atom. The van der Waals surface area contributed by atoms with Crippen LogP contribution >= 0.6 is 0 Å². The average molecular weight is 332 g/mol. The third kappa shape index (κ3) is 3.10. The molecule has 0 heterocycles. The van der Waals surface area contributed by atoms with Crippen molar-refractivity contribution in [3.8, 4) is 22.3 Å². The predicted molar refractivity (Wildman–Crippen MR) is 115 cm³/mol. The van der Waals surface area contributed by atoms with Gasteiger partial charge in [0.1, 0.15) is 0 Å². The zero-order valence-corrected chi connectivity index (χ0v) is 14.7. The van der Waals surface area contributed by atoms with Gasteiger partial charge in [0, 0.05) is 0 Å². The number of rotatable bonds is 4. The van der Waals surface area contributed by atoms with Crippen LogP contribution < -0.4 is 0 Å². The first kappa shape index (κ1) is 16.1. The molecule has 0 nitrogen and oxygen atoms in total. The Hall–Kier alpha value is -3.38. The number of benzene rings is 4. The van der Waals surface area contributed by atoms with E-state index >= 15 is 0 Å². The van der Waals surface area contributed by atoms with Crippen LogP contribution in [-0.4, -0.2) is 0 Å². The molecule has 4 aromatic rings. The molecule has 4 aromatic carbocycles. The van der Waals surface area contributed by atoms with E-state index in [1.54, 1.807) is 0 Å². The molecule has 0 unspecified atom stereocenters. The van der Waals surface area contributed by atoms with Gasteiger partial charge in [-0.15, -0.1) is 0 Å². The first-order chi connectivity index (χ1) is 12.8. The van der Waals surface area contributed by atoms with E-state index < -0.39 is 0 Å². The van der Waals surface area contributed by atoms with Crippen LogP contribution in [0.25, 0.3) is 45.2 Å². The minimum Gasteiger partial charge on any atom is -0.0985 e. The van der Waals surface area contributed by atoms with E-state index in [-0.39, 0.29) is 0 Å². The molecule has 0 fully saturated rings. The molecule has 124 valence electrons. The molecular weight excluding hydrogens is 312 g/mol. The Labute approximate surface area is 154 Å². The van der Waals surface area contributed by atoms with Gasteiger partial charge in [0.05, 0.1) is 0 Å². The van der Waals surface area contributed by atoms with Crippen molar-refractivity contribution in [1.29, 1.82) is 0 Å². The van der Waals surface area contributed by atoms with Crippen molar-refractivity contribution in [2.45, 2.75) is 0 Å². The monoisotopic (exact) mass is 332 g/mol. The smallest absolute Gasteiger partial charge is 0.0172 e. The lowest BCUT2D eigenvalue weighted by molar-refractivity contribution is 1.60. The van der Waals surface area contributed by atoms with Crippen LogP contribution in [0.5, 0.6) is 0 Å². The fraction of sp³-hybridized carbons (Fsp3) is 0. The fourth-order valence-corrected chi connectivity index (χ4v) is 3.23. The normalized spacial score (nSPS) is 10.6. The first-order valence-corrected chi connectivity index (χ1v) is 8.76. The maximum absolute atomic E-state index is 3.82. The maximum atomic E-state index is 3.82. The molecule has 0 radical (unpaired) electrons. The second-order valence-corrected chi connectivity index (χ2v) is 6.43. The Kier molecular flexibility index (Phi) is 4.25. The zero-order chi connectivity index (χ0) is 17.9. The van der Waals surface area contributed by atoms with Crippen LogP contribution in [-0.2, 0) is 0 Å². The summed E-state index contributed by atoms with van der Waals surface area (Å²) in [5.74, 6) is 0. The van der Waals surface area contributed by atoms with E-state index in [4.69, 9.17) is 0 Å². The predicted octanol–water partition coefficient (Wildman–Crippen LogP) is 7.46. The molecule has 26 heavy (non-hydrogen) atoms. The molecular formula is C26H20. The van der Waals surface area contributed by atoms with Gasteiger partial charge in [-0.05, 0) is 56.3 Å². The van der Waals surface area contributed by atoms with Crippen LogP contribution in [0.1, 0.15) is 11.1 Å². The number of fused-ring (bicyclic) bond motifs is 1. The minimum absolute atomic E-state index is 1.14. The van der Waals surface area contributed by atoms with Gasteiger partial charge in [-0.1, -0.05) is 98.1 Å². The summed E-state index contributed by atoms with van der Waals surface area (Å²) < 4.78 is 0. The van der Waals surface area contributed by atoms with Crippen molar-refractivity contribution in [2.24, 2.45) is 0 Å². The van der Waals surface area contributed by atoms with E-state index in [1.165, 1.54) is 33.0 Å². The zero-order valence-electron chi connectivity index (χ0n) is 14.7. The molecule has 0 saturated heterocycles. The molecule has 0 saturated carbocycles. The summed E-state index contributed by atoms with van der Waals surface area (Å²) in [7, 11) is 0. The molecule has 0 bridgehead atoms. The summed E-state index contributed by atoms with van der Waals surface area (Å²) in [5, 5.41) is 2.50. The lowest BCUT2D eigenvalue weighted by atomic mass is 9.97. The lowest BCUT2D eigenvalue weighted by Gasteiger charge is -2.08. The number of hydrogen-bond acceptors (Lipinski definition) is 0. The summed E-state index contributed by atoms with van der Waals surface area (Å²) in [6.07, 6.45) is 3.74. The SMILES string of the molecule is C=Cc1ccc(-c2ccc3ccc(-c4ccc(C=C)cc4)cc3c2)cc1. The summed E-state index contributed by atoms with van der Waals surface area (Å²) in [6, 6.07) is 30.3. The first-order valence-electron chi connectivity index (χ1n) is 8.76. The van der Waals surface area contributed by atoms with Crippen LogP contribution in [0, 0.1) is 0 Å². The van der Waals surface area contributed by atoms with Crippen molar-refractivity contribution in [2.75, 3.05) is 0 Å². The Balaban J connectivity index is 1.76. The molecule has 4 rings (SSSR count). The van der Waals surface area contributed by atoms with Crippen molar-refractivity contribution >= 4 is 22.9 Å². The minimum atomic E-state index is 1.14. The molecule has 0 N–H and O–H groups in total. The van der Waals surface area contributed by atoms with Gasteiger partial charge in [-0.25, -0.2) is 0 Å². The van der Waals surface area contributed by atoms with Gasteiger partial charge in [0.2, 0.25) is 0 Å². The summed E-state index contributed by atoms with van der Waals surface area (Å²) >= 11 is 0. The number of hydrogen-bond donors (Lipinski definition) is 0.